The second kappa shape index (κ2) is 5.00. The Balaban J connectivity index is 2.13. The van der Waals surface area contributed by atoms with Gasteiger partial charge in [-0.05, 0) is 31.4 Å². The summed E-state index contributed by atoms with van der Waals surface area (Å²) in [4.78, 5) is 18.4. The van der Waals surface area contributed by atoms with Gasteiger partial charge >= 0.3 is 0 Å². The first kappa shape index (κ1) is 12.2. The Hall–Kier alpha value is -1.90. The topological polar surface area (TPSA) is 33.2 Å². The molecule has 1 aromatic carbocycles. The first-order chi connectivity index (χ1) is 9.33. The number of pyridine rings is 1. The van der Waals surface area contributed by atoms with Crippen molar-refractivity contribution in [3.05, 3.63) is 35.9 Å². The van der Waals surface area contributed by atoms with Gasteiger partial charge in [0.1, 0.15) is 5.82 Å². The van der Waals surface area contributed by atoms with Crippen molar-refractivity contribution in [2.75, 3.05) is 11.4 Å². The molecule has 19 heavy (non-hydrogen) atoms. The molecule has 2 heterocycles. The highest BCUT2D eigenvalue weighted by molar-refractivity contribution is 5.91. The smallest absolute Gasteiger partial charge is 0.153 e. The molecule has 0 N–H and O–H groups in total. The second-order valence-electron chi connectivity index (χ2n) is 5.11. The fourth-order valence-corrected chi connectivity index (χ4v) is 2.98. The van der Waals surface area contributed by atoms with Crippen LogP contribution in [0.3, 0.4) is 0 Å². The van der Waals surface area contributed by atoms with Gasteiger partial charge in [0, 0.05) is 18.0 Å². The highest BCUT2D eigenvalue weighted by Gasteiger charge is 2.26. The highest BCUT2D eigenvalue weighted by Crippen LogP contribution is 2.29. The molecule has 0 radical (unpaired) electrons. The van der Waals surface area contributed by atoms with Gasteiger partial charge in [-0.3, -0.25) is 4.79 Å². The summed E-state index contributed by atoms with van der Waals surface area (Å²) < 4.78 is 0. The van der Waals surface area contributed by atoms with E-state index < -0.39 is 0 Å². The Bertz CT molecular complexity index is 609. The summed E-state index contributed by atoms with van der Waals surface area (Å²) in [6, 6.07) is 10.4. The molecule has 1 saturated heterocycles. The van der Waals surface area contributed by atoms with E-state index >= 15 is 0 Å². The number of carbonyl (C=O) groups is 1. The number of para-hydroxylation sites is 1. The number of aldehydes is 1. The Morgan fingerprint density at radius 2 is 2.26 bits per heavy atom. The summed E-state index contributed by atoms with van der Waals surface area (Å²) in [5, 5.41) is 1.03. The molecule has 1 aromatic heterocycles. The van der Waals surface area contributed by atoms with Gasteiger partial charge in [0.2, 0.25) is 0 Å². The largest absolute Gasteiger partial charge is 0.353 e. The minimum Gasteiger partial charge on any atom is -0.353 e. The van der Waals surface area contributed by atoms with Gasteiger partial charge in [-0.2, -0.15) is 0 Å². The minimum atomic E-state index is 0.521. The van der Waals surface area contributed by atoms with Crippen LogP contribution in [0.2, 0.25) is 0 Å². The molecule has 1 aliphatic heterocycles. The van der Waals surface area contributed by atoms with Crippen LogP contribution in [0.5, 0.6) is 0 Å². The fraction of sp³-hybridized carbons (Fsp3) is 0.375. The number of hydrogen-bond acceptors (Lipinski definition) is 3. The lowest BCUT2D eigenvalue weighted by molar-refractivity contribution is 0.112. The van der Waals surface area contributed by atoms with Crippen LogP contribution in [-0.4, -0.2) is 23.9 Å². The zero-order chi connectivity index (χ0) is 13.2. The zero-order valence-electron chi connectivity index (χ0n) is 11.2. The van der Waals surface area contributed by atoms with Crippen molar-refractivity contribution in [2.45, 2.75) is 32.2 Å². The van der Waals surface area contributed by atoms with Crippen LogP contribution in [0.15, 0.2) is 30.3 Å². The van der Waals surface area contributed by atoms with Gasteiger partial charge in [0.25, 0.3) is 0 Å². The lowest BCUT2D eigenvalue weighted by atomic mass is 10.1. The van der Waals surface area contributed by atoms with Gasteiger partial charge in [-0.25, -0.2) is 4.98 Å². The van der Waals surface area contributed by atoms with Crippen LogP contribution in [-0.2, 0) is 0 Å². The van der Waals surface area contributed by atoms with E-state index in [1.807, 2.05) is 30.3 Å². The average Bonchev–Trinajstić information content (AvgIpc) is 2.94. The van der Waals surface area contributed by atoms with Crippen LogP contribution in [0.1, 0.15) is 36.5 Å². The number of fused-ring (bicyclic) bond motifs is 1. The predicted octanol–water partition coefficient (Wildman–Crippen LogP) is 3.43. The molecule has 1 aliphatic rings. The Morgan fingerprint density at radius 3 is 3.05 bits per heavy atom. The van der Waals surface area contributed by atoms with Crippen LogP contribution in [0, 0.1) is 0 Å². The summed E-state index contributed by atoms with van der Waals surface area (Å²) in [5.74, 6) is 0.859. The van der Waals surface area contributed by atoms with E-state index in [9.17, 15) is 4.79 Å². The molecule has 0 bridgehead atoms. The van der Waals surface area contributed by atoms with E-state index in [0.717, 1.165) is 36.0 Å². The van der Waals surface area contributed by atoms with Crippen LogP contribution in [0.25, 0.3) is 10.9 Å². The first-order valence-corrected chi connectivity index (χ1v) is 6.95. The van der Waals surface area contributed by atoms with Gasteiger partial charge in [-0.1, -0.05) is 25.1 Å². The lowest BCUT2D eigenvalue weighted by Gasteiger charge is -2.26. The maximum Gasteiger partial charge on any atom is 0.153 e. The number of carbonyl (C=O) groups excluding carboxylic acids is 1. The molecular formula is C16H18N2O. The summed E-state index contributed by atoms with van der Waals surface area (Å²) in [6.07, 6.45) is 4.42. The minimum absolute atomic E-state index is 0.521. The highest BCUT2D eigenvalue weighted by atomic mass is 16.1. The standard InChI is InChI=1S/C16H18N2O/c1-2-14-7-5-9-18(14)16-13(11-19)10-12-6-3-4-8-15(12)17-16/h3-4,6,8,10-11,14H,2,5,7,9H2,1H3. The molecule has 3 heteroatoms. The molecule has 3 nitrogen and oxygen atoms in total. The monoisotopic (exact) mass is 254 g/mol. The number of hydrogen-bond donors (Lipinski definition) is 0. The fourth-order valence-electron chi connectivity index (χ4n) is 2.98. The number of nitrogens with zero attached hydrogens (tertiary/aromatic N) is 2. The molecule has 3 rings (SSSR count). The van der Waals surface area contributed by atoms with Crippen molar-refractivity contribution >= 4 is 23.0 Å². The first-order valence-electron chi connectivity index (χ1n) is 6.95. The van der Waals surface area contributed by atoms with Crippen molar-refractivity contribution < 1.29 is 4.79 Å². The summed E-state index contributed by atoms with van der Waals surface area (Å²) >= 11 is 0. The normalized spacial score (nSPS) is 19.0. The third kappa shape index (κ3) is 2.09. The molecule has 1 atom stereocenters. The van der Waals surface area contributed by atoms with Crippen molar-refractivity contribution in [2.24, 2.45) is 0 Å². The molecule has 1 unspecified atom stereocenters. The predicted molar refractivity (Wildman–Crippen MR) is 77.8 cm³/mol. The van der Waals surface area contributed by atoms with E-state index in [-0.39, 0.29) is 0 Å². The summed E-state index contributed by atoms with van der Waals surface area (Å²) in [7, 11) is 0. The van der Waals surface area contributed by atoms with Crippen molar-refractivity contribution in [3.63, 3.8) is 0 Å². The quantitative estimate of drug-likeness (QED) is 0.787. The lowest BCUT2D eigenvalue weighted by Crippen LogP contribution is -2.30. The molecule has 2 aromatic rings. The van der Waals surface area contributed by atoms with E-state index in [0.29, 0.717) is 11.6 Å². The molecule has 98 valence electrons. The molecule has 1 fully saturated rings. The number of rotatable bonds is 3. The molecule has 0 saturated carbocycles. The van der Waals surface area contributed by atoms with Crippen LogP contribution >= 0.6 is 0 Å². The van der Waals surface area contributed by atoms with Crippen molar-refractivity contribution in [3.8, 4) is 0 Å². The number of aromatic nitrogens is 1. The Kier molecular flexibility index (Phi) is 3.20. The van der Waals surface area contributed by atoms with Crippen LogP contribution < -0.4 is 4.90 Å². The van der Waals surface area contributed by atoms with Crippen molar-refractivity contribution in [1.29, 1.82) is 0 Å². The third-order valence-electron chi connectivity index (χ3n) is 3.98. The summed E-state index contributed by atoms with van der Waals surface area (Å²) in [6.45, 7) is 3.20. The SMILES string of the molecule is CCC1CCCN1c1nc2ccccc2cc1C=O. The Morgan fingerprint density at radius 1 is 1.42 bits per heavy atom. The van der Waals surface area contributed by atoms with E-state index in [1.165, 1.54) is 12.8 Å². The van der Waals surface area contributed by atoms with E-state index in [4.69, 9.17) is 4.98 Å². The van der Waals surface area contributed by atoms with Gasteiger partial charge in [0.15, 0.2) is 6.29 Å². The van der Waals surface area contributed by atoms with Gasteiger partial charge in [-0.15, -0.1) is 0 Å². The Labute approximate surface area is 113 Å². The second-order valence-corrected chi connectivity index (χ2v) is 5.11. The van der Waals surface area contributed by atoms with E-state index in [1.54, 1.807) is 0 Å². The third-order valence-corrected chi connectivity index (χ3v) is 3.98. The number of anilines is 1. The molecular weight excluding hydrogens is 236 g/mol. The molecule has 0 aliphatic carbocycles. The molecule has 0 spiro atoms. The van der Waals surface area contributed by atoms with E-state index in [2.05, 4.69) is 11.8 Å². The maximum absolute atomic E-state index is 11.4. The van der Waals surface area contributed by atoms with Crippen molar-refractivity contribution in [1.82, 2.24) is 4.98 Å². The average molecular weight is 254 g/mol. The van der Waals surface area contributed by atoms with Crippen LogP contribution in [0.4, 0.5) is 5.82 Å². The number of benzene rings is 1. The molecule has 0 amide bonds. The summed E-state index contributed by atoms with van der Waals surface area (Å²) in [5.41, 5.74) is 1.67. The zero-order valence-corrected chi connectivity index (χ0v) is 11.2. The van der Waals surface area contributed by atoms with Gasteiger partial charge in [0.05, 0.1) is 11.1 Å². The van der Waals surface area contributed by atoms with Gasteiger partial charge < -0.3 is 4.90 Å². The maximum atomic E-state index is 11.4.